The molecule has 1 saturated heterocycles. The van der Waals surface area contributed by atoms with Crippen molar-refractivity contribution >= 4 is 5.91 Å². The lowest BCUT2D eigenvalue weighted by molar-refractivity contribution is 0.0589. The van der Waals surface area contributed by atoms with Gasteiger partial charge in [-0.25, -0.2) is 0 Å². The molecule has 0 bridgehead atoms. The molecule has 1 heterocycles. The van der Waals surface area contributed by atoms with Crippen LogP contribution in [0.25, 0.3) is 0 Å². The third-order valence-electron chi connectivity index (χ3n) is 3.86. The van der Waals surface area contributed by atoms with Gasteiger partial charge in [-0.2, -0.15) is 0 Å². The molecular weight excluding hydrogens is 238 g/mol. The summed E-state index contributed by atoms with van der Waals surface area (Å²) < 4.78 is 0. The summed E-state index contributed by atoms with van der Waals surface area (Å²) in [6.07, 6.45) is 0. The van der Waals surface area contributed by atoms with E-state index >= 15 is 0 Å². The SMILES string of the molecule is Cc1ccc(C(=O)N2CCN(C(C)CN)CC2)cc1. The molecule has 1 atom stereocenters. The second kappa shape index (κ2) is 6.17. The molecule has 1 aliphatic heterocycles. The van der Waals surface area contributed by atoms with Crippen LogP contribution in [-0.2, 0) is 0 Å². The Balaban J connectivity index is 1.94. The van der Waals surface area contributed by atoms with Gasteiger partial charge in [0.25, 0.3) is 5.91 Å². The second-order valence-corrected chi connectivity index (χ2v) is 5.28. The first kappa shape index (κ1) is 14.0. The van der Waals surface area contributed by atoms with E-state index in [1.165, 1.54) is 5.56 Å². The molecule has 19 heavy (non-hydrogen) atoms. The number of nitrogens with two attached hydrogens (primary N) is 1. The molecule has 0 spiro atoms. The maximum atomic E-state index is 12.3. The van der Waals surface area contributed by atoms with Gasteiger partial charge < -0.3 is 10.6 Å². The number of carbonyl (C=O) groups excluding carboxylic acids is 1. The Morgan fingerprint density at radius 3 is 2.32 bits per heavy atom. The summed E-state index contributed by atoms with van der Waals surface area (Å²) >= 11 is 0. The van der Waals surface area contributed by atoms with E-state index in [0.717, 1.165) is 31.7 Å². The quantitative estimate of drug-likeness (QED) is 0.886. The van der Waals surface area contributed by atoms with Gasteiger partial charge in [0.05, 0.1) is 0 Å². The van der Waals surface area contributed by atoms with E-state index in [-0.39, 0.29) is 5.91 Å². The highest BCUT2D eigenvalue weighted by Gasteiger charge is 2.23. The van der Waals surface area contributed by atoms with Crippen molar-refractivity contribution in [1.82, 2.24) is 9.80 Å². The highest BCUT2D eigenvalue weighted by Crippen LogP contribution is 2.11. The van der Waals surface area contributed by atoms with Crippen molar-refractivity contribution in [3.05, 3.63) is 35.4 Å². The van der Waals surface area contributed by atoms with Crippen LogP contribution in [0.2, 0.25) is 0 Å². The van der Waals surface area contributed by atoms with Gasteiger partial charge in [0, 0.05) is 44.3 Å². The molecule has 1 amide bonds. The van der Waals surface area contributed by atoms with E-state index in [4.69, 9.17) is 5.73 Å². The minimum Gasteiger partial charge on any atom is -0.336 e. The first-order valence-electron chi connectivity index (χ1n) is 6.92. The molecule has 0 aliphatic carbocycles. The normalized spacial score (nSPS) is 18.4. The predicted octanol–water partition coefficient (Wildman–Crippen LogP) is 1.10. The van der Waals surface area contributed by atoms with Gasteiger partial charge in [0.1, 0.15) is 0 Å². The molecule has 0 saturated carbocycles. The Morgan fingerprint density at radius 2 is 1.79 bits per heavy atom. The lowest BCUT2D eigenvalue weighted by Gasteiger charge is -2.37. The van der Waals surface area contributed by atoms with Crippen LogP contribution >= 0.6 is 0 Å². The largest absolute Gasteiger partial charge is 0.336 e. The van der Waals surface area contributed by atoms with Gasteiger partial charge in [-0.15, -0.1) is 0 Å². The van der Waals surface area contributed by atoms with Gasteiger partial charge in [0.15, 0.2) is 0 Å². The summed E-state index contributed by atoms with van der Waals surface area (Å²) in [6, 6.07) is 8.19. The third kappa shape index (κ3) is 3.33. The highest BCUT2D eigenvalue weighted by atomic mass is 16.2. The zero-order valence-electron chi connectivity index (χ0n) is 11.8. The standard InChI is InChI=1S/C15H23N3O/c1-12-3-5-14(6-4-12)15(19)18-9-7-17(8-10-18)13(2)11-16/h3-6,13H,7-11,16H2,1-2H3. The number of benzene rings is 1. The average molecular weight is 261 g/mol. The zero-order valence-corrected chi connectivity index (χ0v) is 11.8. The number of rotatable bonds is 3. The molecule has 1 aliphatic rings. The van der Waals surface area contributed by atoms with Crippen molar-refractivity contribution in [3.8, 4) is 0 Å². The second-order valence-electron chi connectivity index (χ2n) is 5.28. The average Bonchev–Trinajstić information content (AvgIpc) is 2.46. The lowest BCUT2D eigenvalue weighted by atomic mass is 10.1. The third-order valence-corrected chi connectivity index (χ3v) is 3.86. The van der Waals surface area contributed by atoms with Gasteiger partial charge >= 0.3 is 0 Å². The van der Waals surface area contributed by atoms with Gasteiger partial charge in [-0.05, 0) is 26.0 Å². The molecule has 4 heteroatoms. The maximum Gasteiger partial charge on any atom is 0.253 e. The highest BCUT2D eigenvalue weighted by molar-refractivity contribution is 5.94. The van der Waals surface area contributed by atoms with Crippen LogP contribution < -0.4 is 5.73 Å². The molecular formula is C15H23N3O. The van der Waals surface area contributed by atoms with Crippen LogP contribution in [0.3, 0.4) is 0 Å². The summed E-state index contributed by atoms with van der Waals surface area (Å²) in [6.45, 7) is 8.24. The monoisotopic (exact) mass is 261 g/mol. The van der Waals surface area contributed by atoms with Crippen LogP contribution in [0, 0.1) is 6.92 Å². The summed E-state index contributed by atoms with van der Waals surface area (Å²) in [7, 11) is 0. The first-order valence-corrected chi connectivity index (χ1v) is 6.92. The van der Waals surface area contributed by atoms with Crippen molar-refractivity contribution in [2.75, 3.05) is 32.7 Å². The Bertz CT molecular complexity index is 422. The van der Waals surface area contributed by atoms with E-state index in [1.807, 2.05) is 36.1 Å². The molecule has 0 aromatic heterocycles. The Kier molecular flexibility index (Phi) is 4.56. The van der Waals surface area contributed by atoms with Crippen LogP contribution in [0.15, 0.2) is 24.3 Å². The van der Waals surface area contributed by atoms with E-state index in [1.54, 1.807) is 0 Å². The number of nitrogens with zero attached hydrogens (tertiary/aromatic N) is 2. The molecule has 1 fully saturated rings. The molecule has 1 aromatic carbocycles. The van der Waals surface area contributed by atoms with Gasteiger partial charge in [-0.1, -0.05) is 17.7 Å². The summed E-state index contributed by atoms with van der Waals surface area (Å²) in [5.41, 5.74) is 7.64. The molecule has 2 N–H and O–H groups in total. The van der Waals surface area contributed by atoms with Crippen molar-refractivity contribution in [2.24, 2.45) is 5.73 Å². The fraction of sp³-hybridized carbons (Fsp3) is 0.533. The molecule has 4 nitrogen and oxygen atoms in total. The zero-order chi connectivity index (χ0) is 13.8. The summed E-state index contributed by atoms with van der Waals surface area (Å²) in [4.78, 5) is 16.6. The number of piperazine rings is 1. The summed E-state index contributed by atoms with van der Waals surface area (Å²) in [5.74, 6) is 0.139. The van der Waals surface area contributed by atoms with Crippen LogP contribution in [0.1, 0.15) is 22.8 Å². The number of carbonyl (C=O) groups is 1. The minimum atomic E-state index is 0.139. The van der Waals surface area contributed by atoms with Gasteiger partial charge in [0.2, 0.25) is 0 Å². The lowest BCUT2D eigenvalue weighted by Crippen LogP contribution is -2.52. The van der Waals surface area contributed by atoms with Crippen molar-refractivity contribution in [2.45, 2.75) is 19.9 Å². The Morgan fingerprint density at radius 1 is 1.21 bits per heavy atom. The molecule has 1 unspecified atom stereocenters. The molecule has 1 aromatic rings. The van der Waals surface area contributed by atoms with E-state index in [9.17, 15) is 4.79 Å². The maximum absolute atomic E-state index is 12.3. The molecule has 2 rings (SSSR count). The number of hydrogen-bond donors (Lipinski definition) is 1. The molecule has 104 valence electrons. The van der Waals surface area contributed by atoms with Crippen LogP contribution in [0.5, 0.6) is 0 Å². The number of aryl methyl sites for hydroxylation is 1. The number of hydrogen-bond acceptors (Lipinski definition) is 3. The molecule has 0 radical (unpaired) electrons. The smallest absolute Gasteiger partial charge is 0.253 e. The Labute approximate surface area is 115 Å². The minimum absolute atomic E-state index is 0.139. The van der Waals surface area contributed by atoms with Crippen LogP contribution in [0.4, 0.5) is 0 Å². The van der Waals surface area contributed by atoms with Crippen molar-refractivity contribution in [3.63, 3.8) is 0 Å². The fourth-order valence-corrected chi connectivity index (χ4v) is 2.39. The predicted molar refractivity (Wildman–Crippen MR) is 77.2 cm³/mol. The van der Waals surface area contributed by atoms with E-state index < -0.39 is 0 Å². The van der Waals surface area contributed by atoms with E-state index in [2.05, 4.69) is 11.8 Å². The summed E-state index contributed by atoms with van der Waals surface area (Å²) in [5, 5.41) is 0. The van der Waals surface area contributed by atoms with Crippen LogP contribution in [-0.4, -0.2) is 54.5 Å². The first-order chi connectivity index (χ1) is 9.11. The fourth-order valence-electron chi connectivity index (χ4n) is 2.39. The topological polar surface area (TPSA) is 49.6 Å². The van der Waals surface area contributed by atoms with Gasteiger partial charge in [-0.3, -0.25) is 9.69 Å². The number of amides is 1. The Hall–Kier alpha value is -1.39. The van der Waals surface area contributed by atoms with E-state index in [0.29, 0.717) is 12.6 Å². The van der Waals surface area contributed by atoms with Crippen molar-refractivity contribution in [1.29, 1.82) is 0 Å². The van der Waals surface area contributed by atoms with Crippen molar-refractivity contribution < 1.29 is 4.79 Å².